The average Bonchev–Trinajstić information content (AvgIpc) is 3.25. The smallest absolute Gasteiger partial charge is 0.234 e. The molecule has 0 amide bonds. The Morgan fingerprint density at radius 1 is 1.00 bits per heavy atom. The van der Waals surface area contributed by atoms with E-state index in [-0.39, 0.29) is 5.82 Å². The summed E-state index contributed by atoms with van der Waals surface area (Å²) in [6.45, 7) is 0. The molecular formula is C18H15FN4O2S. The van der Waals surface area contributed by atoms with Gasteiger partial charge < -0.3 is 9.47 Å². The Kier molecular flexibility index (Phi) is 4.26. The number of hydrogen-bond acceptors (Lipinski definition) is 6. The van der Waals surface area contributed by atoms with Crippen LogP contribution in [0.5, 0.6) is 11.5 Å². The van der Waals surface area contributed by atoms with Crippen LogP contribution >= 0.6 is 11.3 Å². The topological polar surface area (TPSA) is 61.5 Å². The highest BCUT2D eigenvalue weighted by atomic mass is 32.1. The third-order valence-electron chi connectivity index (χ3n) is 3.96. The molecule has 0 aliphatic carbocycles. The van der Waals surface area contributed by atoms with Crippen molar-refractivity contribution in [3.8, 4) is 22.1 Å². The standard InChI is InChI=1S/C18H15FN4O2S/c1-24-14-8-5-12(10-15(14)25-2)17-22-23-16(20-21-18(23)26-17)9-11-3-6-13(19)7-4-11/h3-8,10H,9H2,1-2H3. The molecular weight excluding hydrogens is 355 g/mol. The zero-order valence-electron chi connectivity index (χ0n) is 14.1. The minimum Gasteiger partial charge on any atom is -0.493 e. The van der Waals surface area contributed by atoms with Gasteiger partial charge in [-0.05, 0) is 35.9 Å². The Labute approximate surface area is 152 Å². The molecule has 4 aromatic rings. The number of fused-ring (bicyclic) bond motifs is 1. The van der Waals surface area contributed by atoms with Crippen LogP contribution in [0, 0.1) is 5.82 Å². The van der Waals surface area contributed by atoms with Crippen LogP contribution in [-0.4, -0.2) is 34.0 Å². The van der Waals surface area contributed by atoms with E-state index in [1.165, 1.54) is 23.5 Å². The van der Waals surface area contributed by atoms with Gasteiger partial charge in [0.15, 0.2) is 17.3 Å². The molecule has 2 heterocycles. The number of ether oxygens (including phenoxy) is 2. The van der Waals surface area contributed by atoms with Crippen LogP contribution in [0.4, 0.5) is 4.39 Å². The molecule has 132 valence electrons. The molecule has 26 heavy (non-hydrogen) atoms. The Morgan fingerprint density at radius 3 is 2.50 bits per heavy atom. The van der Waals surface area contributed by atoms with E-state index < -0.39 is 0 Å². The number of nitrogens with zero attached hydrogens (tertiary/aromatic N) is 4. The number of rotatable bonds is 5. The van der Waals surface area contributed by atoms with Crippen molar-refractivity contribution in [2.45, 2.75) is 6.42 Å². The second-order valence-electron chi connectivity index (χ2n) is 5.59. The molecule has 0 saturated heterocycles. The SMILES string of the molecule is COc1ccc(-c2nn3c(Cc4ccc(F)cc4)nnc3s2)cc1OC. The minimum absolute atomic E-state index is 0.260. The summed E-state index contributed by atoms with van der Waals surface area (Å²) < 4.78 is 25.4. The van der Waals surface area contributed by atoms with Gasteiger partial charge in [0.25, 0.3) is 0 Å². The molecule has 0 spiro atoms. The van der Waals surface area contributed by atoms with Gasteiger partial charge >= 0.3 is 0 Å². The van der Waals surface area contributed by atoms with E-state index in [1.54, 1.807) is 30.9 Å². The fourth-order valence-corrected chi connectivity index (χ4v) is 3.49. The molecule has 4 rings (SSSR count). The van der Waals surface area contributed by atoms with E-state index in [1.807, 2.05) is 18.2 Å². The maximum atomic E-state index is 13.1. The van der Waals surface area contributed by atoms with Crippen LogP contribution in [0.3, 0.4) is 0 Å². The van der Waals surface area contributed by atoms with Crippen molar-refractivity contribution < 1.29 is 13.9 Å². The van der Waals surface area contributed by atoms with E-state index in [0.717, 1.165) is 16.1 Å². The normalized spacial score (nSPS) is 11.0. The molecule has 0 N–H and O–H groups in total. The molecule has 0 bridgehead atoms. The molecule has 0 saturated carbocycles. The van der Waals surface area contributed by atoms with E-state index in [9.17, 15) is 4.39 Å². The Morgan fingerprint density at radius 2 is 1.77 bits per heavy atom. The zero-order valence-corrected chi connectivity index (χ0v) is 15.0. The second kappa shape index (κ2) is 6.72. The fourth-order valence-electron chi connectivity index (χ4n) is 2.64. The van der Waals surface area contributed by atoms with Crippen LogP contribution in [0.1, 0.15) is 11.4 Å². The highest BCUT2D eigenvalue weighted by Crippen LogP contribution is 2.34. The van der Waals surface area contributed by atoms with Gasteiger partial charge in [-0.2, -0.15) is 9.61 Å². The van der Waals surface area contributed by atoms with Crippen LogP contribution in [0.2, 0.25) is 0 Å². The first-order valence-electron chi connectivity index (χ1n) is 7.86. The summed E-state index contributed by atoms with van der Waals surface area (Å²) in [6, 6.07) is 12.0. The summed E-state index contributed by atoms with van der Waals surface area (Å²) in [7, 11) is 3.20. The number of hydrogen-bond donors (Lipinski definition) is 0. The van der Waals surface area contributed by atoms with E-state index in [4.69, 9.17) is 9.47 Å². The summed E-state index contributed by atoms with van der Waals surface area (Å²) in [5.74, 6) is 1.75. The van der Waals surface area contributed by atoms with E-state index in [0.29, 0.717) is 28.7 Å². The monoisotopic (exact) mass is 370 g/mol. The molecule has 8 heteroatoms. The third kappa shape index (κ3) is 2.99. The van der Waals surface area contributed by atoms with Crippen molar-refractivity contribution in [1.82, 2.24) is 19.8 Å². The first-order chi connectivity index (χ1) is 12.7. The van der Waals surface area contributed by atoms with Crippen molar-refractivity contribution in [3.63, 3.8) is 0 Å². The van der Waals surface area contributed by atoms with Crippen LogP contribution in [0.15, 0.2) is 42.5 Å². The molecule has 0 radical (unpaired) electrons. The average molecular weight is 370 g/mol. The lowest BCUT2D eigenvalue weighted by molar-refractivity contribution is 0.355. The van der Waals surface area contributed by atoms with Crippen molar-refractivity contribution in [2.24, 2.45) is 0 Å². The van der Waals surface area contributed by atoms with Gasteiger partial charge in [-0.25, -0.2) is 4.39 Å². The summed E-state index contributed by atoms with van der Waals surface area (Å²) in [4.78, 5) is 0.701. The first kappa shape index (κ1) is 16.5. The Hall–Kier alpha value is -3.00. The predicted octanol–water partition coefficient (Wildman–Crippen LogP) is 3.60. The molecule has 6 nitrogen and oxygen atoms in total. The van der Waals surface area contributed by atoms with E-state index >= 15 is 0 Å². The lowest BCUT2D eigenvalue weighted by Gasteiger charge is -2.07. The summed E-state index contributed by atoms with van der Waals surface area (Å²) in [5, 5.41) is 13.8. The molecule has 0 fully saturated rings. The minimum atomic E-state index is -0.260. The predicted molar refractivity (Wildman–Crippen MR) is 96.4 cm³/mol. The molecule has 0 atom stereocenters. The second-order valence-corrected chi connectivity index (χ2v) is 6.55. The molecule has 0 unspecified atom stereocenters. The maximum Gasteiger partial charge on any atom is 0.234 e. The lowest BCUT2D eigenvalue weighted by Crippen LogP contribution is -1.98. The van der Waals surface area contributed by atoms with E-state index in [2.05, 4.69) is 15.3 Å². The van der Waals surface area contributed by atoms with Gasteiger partial charge in [0, 0.05) is 12.0 Å². The van der Waals surface area contributed by atoms with Crippen molar-refractivity contribution >= 4 is 16.3 Å². The van der Waals surface area contributed by atoms with Gasteiger partial charge in [-0.3, -0.25) is 0 Å². The Balaban J connectivity index is 1.68. The van der Waals surface area contributed by atoms with Gasteiger partial charge in [0.05, 0.1) is 14.2 Å². The molecule has 0 aliphatic heterocycles. The van der Waals surface area contributed by atoms with Crippen LogP contribution in [0.25, 0.3) is 15.5 Å². The van der Waals surface area contributed by atoms with Gasteiger partial charge in [-0.1, -0.05) is 23.5 Å². The summed E-state index contributed by atoms with van der Waals surface area (Å²) >= 11 is 1.44. The number of methoxy groups -OCH3 is 2. The van der Waals surface area contributed by atoms with Crippen LogP contribution in [-0.2, 0) is 6.42 Å². The molecule has 2 aromatic carbocycles. The first-order valence-corrected chi connectivity index (χ1v) is 8.67. The summed E-state index contributed by atoms with van der Waals surface area (Å²) in [5.41, 5.74) is 1.85. The van der Waals surface area contributed by atoms with Crippen molar-refractivity contribution in [1.29, 1.82) is 0 Å². The fraction of sp³-hybridized carbons (Fsp3) is 0.167. The lowest BCUT2D eigenvalue weighted by atomic mass is 10.1. The number of aromatic nitrogens is 4. The van der Waals surface area contributed by atoms with Crippen molar-refractivity contribution in [3.05, 3.63) is 59.7 Å². The van der Waals surface area contributed by atoms with Crippen LogP contribution < -0.4 is 9.47 Å². The quantitative estimate of drug-likeness (QED) is 0.537. The highest BCUT2D eigenvalue weighted by molar-refractivity contribution is 7.19. The maximum absolute atomic E-state index is 13.1. The molecule has 2 aromatic heterocycles. The van der Waals surface area contributed by atoms with Gasteiger partial charge in [0.1, 0.15) is 10.8 Å². The van der Waals surface area contributed by atoms with Gasteiger partial charge in [0.2, 0.25) is 4.96 Å². The number of benzene rings is 2. The third-order valence-corrected chi connectivity index (χ3v) is 4.91. The zero-order chi connectivity index (χ0) is 18.1. The highest BCUT2D eigenvalue weighted by Gasteiger charge is 2.15. The number of halogens is 1. The summed E-state index contributed by atoms with van der Waals surface area (Å²) in [6.07, 6.45) is 0.524. The Bertz CT molecular complexity index is 1060. The van der Waals surface area contributed by atoms with Crippen molar-refractivity contribution in [2.75, 3.05) is 14.2 Å². The molecule has 0 aliphatic rings. The van der Waals surface area contributed by atoms with Gasteiger partial charge in [-0.15, -0.1) is 10.2 Å². The largest absolute Gasteiger partial charge is 0.493 e.